The number of fused-ring (bicyclic) bond motifs is 2. The van der Waals surface area contributed by atoms with E-state index in [1.54, 1.807) is 18.2 Å². The van der Waals surface area contributed by atoms with Crippen molar-refractivity contribution in [2.45, 2.75) is 6.18 Å². The highest BCUT2D eigenvalue weighted by atomic mass is 19.4. The van der Waals surface area contributed by atoms with Gasteiger partial charge < -0.3 is 5.11 Å². The molecular weight excluding hydrogens is 283 g/mol. The lowest BCUT2D eigenvalue weighted by Crippen LogP contribution is -2.05. The number of alkyl halides is 3. The summed E-state index contributed by atoms with van der Waals surface area (Å²) in [5.41, 5.74) is -0.552. The molecule has 3 nitrogen and oxygen atoms in total. The second kappa shape index (κ2) is 4.44. The summed E-state index contributed by atoms with van der Waals surface area (Å²) in [5, 5.41) is 10.2. The molecule has 3 aromatic rings. The first kappa shape index (κ1) is 13.4. The van der Waals surface area contributed by atoms with Crippen LogP contribution in [0, 0.1) is 0 Å². The van der Waals surface area contributed by atoms with Gasteiger partial charge in [0.1, 0.15) is 0 Å². The largest absolute Gasteiger partial charge is 0.478 e. The molecule has 0 bridgehead atoms. The molecule has 1 heterocycles. The lowest BCUT2D eigenvalue weighted by molar-refractivity contribution is -0.137. The maximum Gasteiger partial charge on any atom is 0.416 e. The van der Waals surface area contributed by atoms with E-state index >= 15 is 0 Å². The minimum Gasteiger partial charge on any atom is -0.478 e. The number of aromatic carboxylic acids is 1. The lowest BCUT2D eigenvalue weighted by atomic mass is 10.1. The summed E-state index contributed by atoms with van der Waals surface area (Å²) in [7, 11) is 0. The molecule has 0 saturated carbocycles. The smallest absolute Gasteiger partial charge is 0.416 e. The standard InChI is InChI=1S/C15H8F3NO2/c16-15(17,18)10-5-4-8-6-9-2-1-3-11(14(20)21)13(9)19-12(8)7-10/h1-7H,(H,20,21). The zero-order valence-electron chi connectivity index (χ0n) is 10.5. The maximum atomic E-state index is 12.7. The number of hydrogen-bond acceptors (Lipinski definition) is 2. The second-order valence-corrected chi connectivity index (χ2v) is 4.58. The van der Waals surface area contributed by atoms with Crippen molar-refractivity contribution in [3.63, 3.8) is 0 Å². The van der Waals surface area contributed by atoms with Gasteiger partial charge in [0.2, 0.25) is 0 Å². The van der Waals surface area contributed by atoms with Crippen molar-refractivity contribution in [3.8, 4) is 0 Å². The first-order chi connectivity index (χ1) is 9.86. The van der Waals surface area contributed by atoms with E-state index in [9.17, 15) is 18.0 Å². The van der Waals surface area contributed by atoms with Gasteiger partial charge in [-0.05, 0) is 24.3 Å². The summed E-state index contributed by atoms with van der Waals surface area (Å²) in [4.78, 5) is 15.2. The molecule has 3 rings (SSSR count). The topological polar surface area (TPSA) is 50.2 Å². The van der Waals surface area contributed by atoms with Crippen LogP contribution in [0.25, 0.3) is 21.8 Å². The van der Waals surface area contributed by atoms with E-state index in [0.29, 0.717) is 10.8 Å². The van der Waals surface area contributed by atoms with E-state index in [-0.39, 0.29) is 16.6 Å². The third kappa shape index (κ3) is 2.29. The van der Waals surface area contributed by atoms with Gasteiger partial charge >= 0.3 is 12.1 Å². The minimum absolute atomic E-state index is 0.0354. The average molecular weight is 291 g/mol. The van der Waals surface area contributed by atoms with Crippen LogP contribution in [-0.2, 0) is 6.18 Å². The molecule has 0 atom stereocenters. The summed E-state index contributed by atoms with van der Waals surface area (Å²) in [6, 6.07) is 9.49. The first-order valence-electron chi connectivity index (χ1n) is 6.00. The summed E-state index contributed by atoms with van der Waals surface area (Å²) in [5.74, 6) is -1.17. The second-order valence-electron chi connectivity index (χ2n) is 4.58. The fraction of sp³-hybridized carbons (Fsp3) is 0.0667. The van der Waals surface area contributed by atoms with Gasteiger partial charge in [0.25, 0.3) is 0 Å². The molecule has 0 fully saturated rings. The van der Waals surface area contributed by atoms with Crippen LogP contribution in [0.15, 0.2) is 42.5 Å². The molecule has 6 heteroatoms. The van der Waals surface area contributed by atoms with Crippen LogP contribution in [0.1, 0.15) is 15.9 Å². The van der Waals surface area contributed by atoms with Crippen molar-refractivity contribution in [3.05, 3.63) is 53.6 Å². The van der Waals surface area contributed by atoms with Crippen molar-refractivity contribution < 1.29 is 23.1 Å². The van der Waals surface area contributed by atoms with E-state index in [1.165, 1.54) is 12.1 Å². The SMILES string of the molecule is O=C(O)c1cccc2cc3ccc(C(F)(F)F)cc3nc12. The first-order valence-corrected chi connectivity index (χ1v) is 6.00. The number of pyridine rings is 1. The Morgan fingerprint density at radius 1 is 1.05 bits per heavy atom. The van der Waals surface area contributed by atoms with Crippen molar-refractivity contribution in [2.75, 3.05) is 0 Å². The number of carboxylic acid groups (broad SMARTS) is 1. The predicted octanol–water partition coefficient (Wildman–Crippen LogP) is 4.11. The molecule has 0 aliphatic heterocycles. The molecule has 0 aliphatic carbocycles. The zero-order chi connectivity index (χ0) is 15.2. The highest BCUT2D eigenvalue weighted by Gasteiger charge is 2.30. The minimum atomic E-state index is -4.46. The summed E-state index contributed by atoms with van der Waals surface area (Å²) in [6.07, 6.45) is -4.46. The molecule has 0 spiro atoms. The van der Waals surface area contributed by atoms with Gasteiger partial charge in [-0.25, -0.2) is 9.78 Å². The molecular formula is C15H8F3NO2. The van der Waals surface area contributed by atoms with Gasteiger partial charge in [-0.1, -0.05) is 18.2 Å². The third-order valence-corrected chi connectivity index (χ3v) is 3.20. The van der Waals surface area contributed by atoms with Crippen molar-refractivity contribution in [1.29, 1.82) is 0 Å². The van der Waals surface area contributed by atoms with Gasteiger partial charge in [-0.15, -0.1) is 0 Å². The Bertz CT molecular complexity index is 872. The molecule has 0 radical (unpaired) electrons. The van der Waals surface area contributed by atoms with Gasteiger partial charge in [0, 0.05) is 10.8 Å². The van der Waals surface area contributed by atoms with Crippen LogP contribution in [0.4, 0.5) is 13.2 Å². The molecule has 2 aromatic carbocycles. The summed E-state index contributed by atoms with van der Waals surface area (Å²) < 4.78 is 38.1. The molecule has 0 aliphatic rings. The van der Waals surface area contributed by atoms with Crippen LogP contribution in [-0.4, -0.2) is 16.1 Å². The Kier molecular flexibility index (Phi) is 2.83. The number of benzene rings is 2. The zero-order valence-corrected chi connectivity index (χ0v) is 10.5. The number of rotatable bonds is 1. The van der Waals surface area contributed by atoms with Gasteiger partial charge in [-0.3, -0.25) is 0 Å². The normalized spacial score (nSPS) is 12.0. The van der Waals surface area contributed by atoms with Crippen LogP contribution in [0.5, 0.6) is 0 Å². The number of aromatic nitrogens is 1. The highest BCUT2D eigenvalue weighted by Crippen LogP contribution is 2.32. The molecule has 1 aromatic heterocycles. The lowest BCUT2D eigenvalue weighted by Gasteiger charge is -2.09. The maximum absolute atomic E-state index is 12.7. The molecule has 0 amide bonds. The number of para-hydroxylation sites is 1. The Balaban J connectivity index is 2.35. The van der Waals surface area contributed by atoms with E-state index in [2.05, 4.69) is 4.98 Å². The van der Waals surface area contributed by atoms with Crippen LogP contribution in [0.3, 0.4) is 0 Å². The summed E-state index contributed by atoms with van der Waals surface area (Å²) >= 11 is 0. The Morgan fingerprint density at radius 3 is 2.48 bits per heavy atom. The van der Waals surface area contributed by atoms with Crippen LogP contribution in [0.2, 0.25) is 0 Å². The average Bonchev–Trinajstić information content (AvgIpc) is 2.42. The fourth-order valence-electron chi connectivity index (χ4n) is 2.20. The molecule has 1 N–H and O–H groups in total. The van der Waals surface area contributed by atoms with Crippen molar-refractivity contribution in [1.82, 2.24) is 4.98 Å². The molecule has 21 heavy (non-hydrogen) atoms. The molecule has 0 saturated heterocycles. The fourth-order valence-corrected chi connectivity index (χ4v) is 2.20. The van der Waals surface area contributed by atoms with Gasteiger partial charge in [0.15, 0.2) is 0 Å². The molecule has 106 valence electrons. The number of carboxylic acids is 1. The van der Waals surface area contributed by atoms with Gasteiger partial charge in [-0.2, -0.15) is 13.2 Å². The van der Waals surface area contributed by atoms with E-state index in [1.807, 2.05) is 0 Å². The Labute approximate surface area is 116 Å². The monoisotopic (exact) mass is 291 g/mol. The number of hydrogen-bond donors (Lipinski definition) is 1. The number of halogens is 3. The Hall–Kier alpha value is -2.63. The van der Waals surface area contributed by atoms with Crippen LogP contribution < -0.4 is 0 Å². The van der Waals surface area contributed by atoms with E-state index in [0.717, 1.165) is 12.1 Å². The van der Waals surface area contributed by atoms with E-state index < -0.39 is 17.7 Å². The van der Waals surface area contributed by atoms with Crippen LogP contribution >= 0.6 is 0 Å². The Morgan fingerprint density at radius 2 is 1.81 bits per heavy atom. The quantitative estimate of drug-likeness (QED) is 0.686. The van der Waals surface area contributed by atoms with Gasteiger partial charge in [0.05, 0.1) is 22.2 Å². The highest BCUT2D eigenvalue weighted by molar-refractivity contribution is 6.04. The number of nitrogens with zero attached hydrogens (tertiary/aromatic N) is 1. The summed E-state index contributed by atoms with van der Waals surface area (Å²) in [6.45, 7) is 0. The van der Waals surface area contributed by atoms with Crippen molar-refractivity contribution >= 4 is 27.8 Å². The number of carbonyl (C=O) groups is 1. The molecule has 0 unspecified atom stereocenters. The third-order valence-electron chi connectivity index (χ3n) is 3.20. The van der Waals surface area contributed by atoms with E-state index in [4.69, 9.17) is 5.11 Å². The van der Waals surface area contributed by atoms with Crippen molar-refractivity contribution in [2.24, 2.45) is 0 Å². The predicted molar refractivity (Wildman–Crippen MR) is 71.2 cm³/mol.